The molecule has 36 heavy (non-hydrogen) atoms. The summed E-state index contributed by atoms with van der Waals surface area (Å²) < 4.78 is 5.68. The Morgan fingerprint density at radius 1 is 1.22 bits per heavy atom. The summed E-state index contributed by atoms with van der Waals surface area (Å²) in [5, 5.41) is 10.0. The molecule has 1 N–H and O–H groups in total. The number of aromatic nitrogens is 1. The van der Waals surface area contributed by atoms with Gasteiger partial charge in [-0.15, -0.1) is 0 Å². The van der Waals surface area contributed by atoms with Crippen LogP contribution in [0, 0.1) is 5.41 Å². The van der Waals surface area contributed by atoms with Crippen molar-refractivity contribution < 1.29 is 24.2 Å². The van der Waals surface area contributed by atoms with Gasteiger partial charge in [0.05, 0.1) is 22.9 Å². The summed E-state index contributed by atoms with van der Waals surface area (Å²) in [6, 6.07) is 1.74. The summed E-state index contributed by atoms with van der Waals surface area (Å²) in [6.07, 6.45) is 4.34. The number of pyridine rings is 1. The minimum atomic E-state index is -1.16. The number of hydrogen-bond acceptors (Lipinski definition) is 6. The highest BCUT2D eigenvalue weighted by Crippen LogP contribution is 2.46. The van der Waals surface area contributed by atoms with E-state index in [1.165, 1.54) is 12.3 Å². The third-order valence-corrected chi connectivity index (χ3v) is 7.83. The maximum absolute atomic E-state index is 13.6. The number of piperidine rings is 2. The molecule has 0 aliphatic carbocycles. The first-order valence-electron chi connectivity index (χ1n) is 12.7. The van der Waals surface area contributed by atoms with Gasteiger partial charge in [-0.2, -0.15) is 0 Å². The Morgan fingerprint density at radius 2 is 1.89 bits per heavy atom. The molecule has 1 unspecified atom stereocenters. The third kappa shape index (κ3) is 5.18. The number of esters is 1. The lowest BCUT2D eigenvalue weighted by Crippen LogP contribution is -2.53. The SMILES string of the molecule is CC1(C)CC2(CCCN(C3CCN(C(=O)c4cc(Cl)ncc4N(C(=O)O)C(C)(C)C)CC3)C2)C(=O)O1. The number of anilines is 1. The van der Waals surface area contributed by atoms with Crippen LogP contribution < -0.4 is 4.90 Å². The Kier molecular flexibility index (Phi) is 7.03. The highest BCUT2D eigenvalue weighted by Gasteiger charge is 2.54. The first kappa shape index (κ1) is 26.7. The molecule has 198 valence electrons. The van der Waals surface area contributed by atoms with Gasteiger partial charge in [0.15, 0.2) is 0 Å². The molecule has 1 aromatic rings. The number of hydrogen-bond donors (Lipinski definition) is 1. The minimum Gasteiger partial charge on any atom is -0.465 e. The van der Waals surface area contributed by atoms with Crippen LogP contribution in [0.3, 0.4) is 0 Å². The Bertz CT molecular complexity index is 1050. The Hall–Kier alpha value is -2.39. The van der Waals surface area contributed by atoms with Gasteiger partial charge in [0.2, 0.25) is 0 Å². The van der Waals surface area contributed by atoms with Crippen molar-refractivity contribution >= 4 is 35.3 Å². The average molecular weight is 521 g/mol. The molecule has 1 atom stereocenters. The van der Waals surface area contributed by atoms with Gasteiger partial charge < -0.3 is 14.7 Å². The molecule has 3 fully saturated rings. The van der Waals surface area contributed by atoms with Gasteiger partial charge in [-0.25, -0.2) is 9.78 Å². The van der Waals surface area contributed by atoms with Crippen LogP contribution in [0.4, 0.5) is 10.5 Å². The van der Waals surface area contributed by atoms with Crippen molar-refractivity contribution in [1.29, 1.82) is 0 Å². The first-order valence-corrected chi connectivity index (χ1v) is 13.1. The van der Waals surface area contributed by atoms with E-state index >= 15 is 0 Å². The molecule has 2 amide bonds. The van der Waals surface area contributed by atoms with Crippen LogP contribution in [0.2, 0.25) is 5.15 Å². The number of carboxylic acid groups (broad SMARTS) is 1. The molecule has 0 aromatic carbocycles. The van der Waals surface area contributed by atoms with Crippen molar-refractivity contribution in [3.05, 3.63) is 23.0 Å². The van der Waals surface area contributed by atoms with Crippen molar-refractivity contribution in [1.82, 2.24) is 14.8 Å². The molecule has 0 bridgehead atoms. The summed E-state index contributed by atoms with van der Waals surface area (Å²) in [7, 11) is 0. The van der Waals surface area contributed by atoms with E-state index in [9.17, 15) is 19.5 Å². The summed E-state index contributed by atoms with van der Waals surface area (Å²) in [5.41, 5.74) is -1.16. The molecule has 4 rings (SSSR count). The standard InChI is InChI=1S/C26H37ClN4O5/c1-24(2,3)31(23(34)35)19-14-28-20(27)13-18(19)21(32)29-11-7-17(8-12-29)30-10-6-9-26(16-30)15-25(4,5)36-22(26)33/h13-14,17H,6-12,15-16H2,1-5H3,(H,34,35). The van der Waals surface area contributed by atoms with Crippen molar-refractivity contribution in [2.75, 3.05) is 31.1 Å². The fourth-order valence-electron chi connectivity index (χ4n) is 6.20. The topological polar surface area (TPSA) is 103 Å². The summed E-state index contributed by atoms with van der Waals surface area (Å²) in [5.74, 6) is -0.326. The molecule has 1 aromatic heterocycles. The van der Waals surface area contributed by atoms with Crippen LogP contribution in [0.1, 0.15) is 77.1 Å². The average Bonchev–Trinajstić information content (AvgIpc) is 3.00. The second-order valence-corrected chi connectivity index (χ2v) is 12.4. The molecule has 0 radical (unpaired) electrons. The second-order valence-electron chi connectivity index (χ2n) is 12.0. The summed E-state index contributed by atoms with van der Waals surface area (Å²) in [4.78, 5) is 47.8. The number of ether oxygens (including phenoxy) is 1. The molecule has 0 saturated carbocycles. The van der Waals surface area contributed by atoms with Crippen LogP contribution in [-0.4, -0.2) is 81.2 Å². The van der Waals surface area contributed by atoms with E-state index < -0.39 is 22.6 Å². The number of carbonyl (C=O) groups excluding carboxylic acids is 2. The largest absolute Gasteiger partial charge is 0.465 e. The summed E-state index contributed by atoms with van der Waals surface area (Å²) in [6.45, 7) is 12.0. The predicted molar refractivity (Wildman–Crippen MR) is 136 cm³/mol. The number of carbonyl (C=O) groups is 3. The van der Waals surface area contributed by atoms with Gasteiger partial charge in [0, 0.05) is 37.6 Å². The van der Waals surface area contributed by atoms with E-state index in [4.69, 9.17) is 16.3 Å². The summed E-state index contributed by atoms with van der Waals surface area (Å²) >= 11 is 6.12. The number of rotatable bonds is 3. The molecule has 1 spiro atoms. The fourth-order valence-corrected chi connectivity index (χ4v) is 6.36. The molecular formula is C26H37ClN4O5. The quantitative estimate of drug-likeness (QED) is 0.464. The molecule has 3 saturated heterocycles. The Morgan fingerprint density at radius 3 is 2.44 bits per heavy atom. The van der Waals surface area contributed by atoms with Gasteiger partial charge in [-0.1, -0.05) is 11.6 Å². The van der Waals surface area contributed by atoms with Crippen molar-refractivity contribution in [2.45, 2.75) is 83.9 Å². The zero-order valence-electron chi connectivity index (χ0n) is 21.8. The monoisotopic (exact) mass is 520 g/mol. The first-order chi connectivity index (χ1) is 16.7. The van der Waals surface area contributed by atoms with E-state index in [1.807, 2.05) is 13.8 Å². The predicted octanol–water partition coefficient (Wildman–Crippen LogP) is 4.43. The molecule has 3 aliphatic rings. The van der Waals surface area contributed by atoms with Gasteiger partial charge >= 0.3 is 12.1 Å². The van der Waals surface area contributed by atoms with Gasteiger partial charge in [-0.05, 0) is 72.9 Å². The van der Waals surface area contributed by atoms with E-state index in [1.54, 1.807) is 25.7 Å². The second kappa shape index (κ2) is 9.49. The van der Waals surface area contributed by atoms with E-state index in [0.29, 0.717) is 19.6 Å². The molecule has 10 heteroatoms. The van der Waals surface area contributed by atoms with E-state index in [0.717, 1.165) is 43.5 Å². The molecule has 3 aliphatic heterocycles. The van der Waals surface area contributed by atoms with Crippen LogP contribution in [0.15, 0.2) is 12.3 Å². The van der Waals surface area contributed by atoms with Gasteiger partial charge in [0.1, 0.15) is 10.8 Å². The number of halogens is 1. The van der Waals surface area contributed by atoms with Crippen LogP contribution >= 0.6 is 11.6 Å². The van der Waals surface area contributed by atoms with Crippen molar-refractivity contribution in [2.24, 2.45) is 5.41 Å². The smallest absolute Gasteiger partial charge is 0.412 e. The van der Waals surface area contributed by atoms with Crippen molar-refractivity contribution in [3.8, 4) is 0 Å². The highest BCUT2D eigenvalue weighted by atomic mass is 35.5. The van der Waals surface area contributed by atoms with E-state index in [-0.39, 0.29) is 34.3 Å². The molecule has 9 nitrogen and oxygen atoms in total. The maximum atomic E-state index is 13.6. The number of amides is 2. The molecular weight excluding hydrogens is 484 g/mol. The highest BCUT2D eigenvalue weighted by molar-refractivity contribution is 6.30. The van der Waals surface area contributed by atoms with Crippen LogP contribution in [-0.2, 0) is 9.53 Å². The minimum absolute atomic E-state index is 0.0752. The number of nitrogens with zero attached hydrogens (tertiary/aromatic N) is 4. The fraction of sp³-hybridized carbons (Fsp3) is 0.692. The normalized spacial score (nSPS) is 25.2. The third-order valence-electron chi connectivity index (χ3n) is 7.62. The van der Waals surface area contributed by atoms with Gasteiger partial charge in [0.25, 0.3) is 5.91 Å². The zero-order chi connectivity index (χ0) is 26.5. The van der Waals surface area contributed by atoms with Gasteiger partial charge in [-0.3, -0.25) is 19.4 Å². The molecule has 4 heterocycles. The lowest BCUT2D eigenvalue weighted by molar-refractivity contribution is -0.154. The van der Waals surface area contributed by atoms with Crippen LogP contribution in [0.5, 0.6) is 0 Å². The lowest BCUT2D eigenvalue weighted by atomic mass is 9.74. The number of likely N-dealkylation sites (tertiary alicyclic amines) is 2. The Balaban J connectivity index is 1.47. The maximum Gasteiger partial charge on any atom is 0.412 e. The van der Waals surface area contributed by atoms with Crippen molar-refractivity contribution in [3.63, 3.8) is 0 Å². The number of cyclic esters (lactones) is 1. The Labute approximate surface area is 217 Å². The van der Waals surface area contributed by atoms with Crippen LogP contribution in [0.25, 0.3) is 0 Å². The lowest BCUT2D eigenvalue weighted by Gasteiger charge is -2.45. The van der Waals surface area contributed by atoms with E-state index in [2.05, 4.69) is 9.88 Å². The zero-order valence-corrected chi connectivity index (χ0v) is 22.6.